The van der Waals surface area contributed by atoms with Crippen LogP contribution in [-0.4, -0.2) is 80.3 Å². The number of hydrogen-bond donors (Lipinski definition) is 0. The Kier molecular flexibility index (Phi) is 14.5. The summed E-state index contributed by atoms with van der Waals surface area (Å²) in [6.07, 6.45) is -4.70. The van der Waals surface area contributed by atoms with Crippen LogP contribution in [0.2, 0.25) is 5.02 Å². The highest BCUT2D eigenvalue weighted by Crippen LogP contribution is 2.38. The van der Waals surface area contributed by atoms with E-state index in [2.05, 4.69) is 5.10 Å². The number of carbonyl (C=O) groups is 3. The Hall–Kier alpha value is -5.03. The van der Waals surface area contributed by atoms with Crippen LogP contribution < -0.4 is 9.04 Å². The lowest BCUT2D eigenvalue weighted by molar-refractivity contribution is -0.143. The summed E-state index contributed by atoms with van der Waals surface area (Å²) in [7, 11) is -4.73. The third kappa shape index (κ3) is 13.6. The SMILES string of the molecule is CC(C)(C)OC(=O)N(N=CN1CCC(COc2cc(N(CC(=O)OCc3ccccc3)S(=O)(=O)c3ccccc3Cl)cc(C(F)(F)F)c2)CC1)C(=O)OC(C)(C)C. The summed E-state index contributed by atoms with van der Waals surface area (Å²) in [5.74, 6) is -1.47. The van der Waals surface area contributed by atoms with Crippen molar-refractivity contribution in [2.75, 3.05) is 30.5 Å². The highest BCUT2D eigenvalue weighted by atomic mass is 35.5. The number of hydrazone groups is 1. The number of piperidine rings is 1. The summed E-state index contributed by atoms with van der Waals surface area (Å²) in [6, 6.07) is 16.4. The van der Waals surface area contributed by atoms with Gasteiger partial charge in [0.2, 0.25) is 0 Å². The summed E-state index contributed by atoms with van der Waals surface area (Å²) < 4.78 is 93.2. The number of hydrogen-bond acceptors (Lipinski definition) is 10. The van der Waals surface area contributed by atoms with Gasteiger partial charge in [-0.1, -0.05) is 59.1 Å². The van der Waals surface area contributed by atoms with E-state index in [4.69, 9.17) is 30.5 Å². The molecule has 0 atom stereocenters. The average Bonchev–Trinajstić information content (AvgIpc) is 3.11. The molecule has 1 fully saturated rings. The lowest BCUT2D eigenvalue weighted by atomic mass is 9.98. The largest absolute Gasteiger partial charge is 0.493 e. The maximum atomic E-state index is 14.3. The van der Waals surface area contributed by atoms with Crippen molar-refractivity contribution < 1.29 is 54.9 Å². The fraction of sp³-hybridized carbons (Fsp3) is 0.436. The second-order valence-corrected chi connectivity index (χ2v) is 17.3. The lowest BCUT2D eigenvalue weighted by Crippen LogP contribution is -2.42. The Bertz CT molecular complexity index is 1990. The van der Waals surface area contributed by atoms with Gasteiger partial charge in [0, 0.05) is 19.2 Å². The summed E-state index contributed by atoms with van der Waals surface area (Å²) in [4.78, 5) is 39.9. The molecule has 13 nitrogen and oxygen atoms in total. The third-order valence-electron chi connectivity index (χ3n) is 8.02. The minimum Gasteiger partial charge on any atom is -0.493 e. The maximum Gasteiger partial charge on any atom is 0.441 e. The van der Waals surface area contributed by atoms with Gasteiger partial charge in [0.15, 0.2) is 0 Å². The van der Waals surface area contributed by atoms with Crippen molar-refractivity contribution in [2.24, 2.45) is 11.0 Å². The van der Waals surface area contributed by atoms with Gasteiger partial charge in [0.25, 0.3) is 10.0 Å². The number of anilines is 1. The zero-order valence-corrected chi connectivity index (χ0v) is 34.0. The number of esters is 1. The Morgan fingerprint density at radius 3 is 2.02 bits per heavy atom. The summed E-state index contributed by atoms with van der Waals surface area (Å²) in [5, 5.41) is 4.33. The van der Waals surface area contributed by atoms with E-state index in [9.17, 15) is 36.0 Å². The Balaban J connectivity index is 1.52. The number of imide groups is 1. The van der Waals surface area contributed by atoms with E-state index >= 15 is 0 Å². The van der Waals surface area contributed by atoms with Gasteiger partial charge in [-0.15, -0.1) is 5.10 Å². The second-order valence-electron chi connectivity index (χ2n) is 15.1. The number of rotatable bonds is 12. The molecule has 1 saturated heterocycles. The minimum absolute atomic E-state index is 0.0376. The van der Waals surface area contributed by atoms with E-state index in [0.29, 0.717) is 46.9 Å². The molecule has 1 heterocycles. The molecule has 3 aromatic rings. The Morgan fingerprint density at radius 1 is 0.877 bits per heavy atom. The van der Waals surface area contributed by atoms with Crippen LogP contribution in [0.25, 0.3) is 0 Å². The van der Waals surface area contributed by atoms with Gasteiger partial charge in [0.05, 0.1) is 22.9 Å². The van der Waals surface area contributed by atoms with Gasteiger partial charge in [-0.05, 0) is 90.1 Å². The van der Waals surface area contributed by atoms with Crippen LogP contribution >= 0.6 is 11.6 Å². The number of halogens is 4. The highest BCUT2D eigenvalue weighted by Gasteiger charge is 2.36. The van der Waals surface area contributed by atoms with Crippen molar-refractivity contribution in [1.29, 1.82) is 0 Å². The van der Waals surface area contributed by atoms with E-state index in [1.807, 2.05) is 0 Å². The molecule has 1 aliphatic heterocycles. The number of ether oxygens (including phenoxy) is 4. The number of sulfonamides is 1. The van der Waals surface area contributed by atoms with E-state index in [1.165, 1.54) is 30.6 Å². The number of amides is 2. The van der Waals surface area contributed by atoms with Crippen molar-refractivity contribution in [2.45, 2.75) is 83.3 Å². The molecule has 0 unspecified atom stereocenters. The first-order valence-corrected chi connectivity index (χ1v) is 19.7. The minimum atomic E-state index is -4.92. The van der Waals surface area contributed by atoms with Crippen LogP contribution in [0.1, 0.15) is 65.5 Å². The summed E-state index contributed by atoms with van der Waals surface area (Å²) in [6.45, 7) is 9.38. The topological polar surface area (TPSA) is 144 Å². The number of likely N-dealkylation sites (tertiary alicyclic amines) is 1. The molecule has 0 aromatic heterocycles. The van der Waals surface area contributed by atoms with Crippen molar-refractivity contribution >= 4 is 51.8 Å². The highest BCUT2D eigenvalue weighted by molar-refractivity contribution is 7.93. The molecule has 57 heavy (non-hydrogen) atoms. The molecule has 0 bridgehead atoms. The van der Waals surface area contributed by atoms with E-state index in [-0.39, 0.29) is 29.9 Å². The van der Waals surface area contributed by atoms with Crippen molar-refractivity contribution in [3.8, 4) is 5.75 Å². The van der Waals surface area contributed by atoms with Crippen molar-refractivity contribution in [1.82, 2.24) is 9.91 Å². The molecule has 1 aliphatic rings. The average molecular weight is 839 g/mol. The molecule has 3 aromatic carbocycles. The Labute approximate surface area is 335 Å². The maximum absolute atomic E-state index is 14.3. The third-order valence-corrected chi connectivity index (χ3v) is 10.3. The number of nitrogens with zero attached hydrogens (tertiary/aromatic N) is 4. The quantitative estimate of drug-likeness (QED) is 0.0573. The van der Waals surface area contributed by atoms with Gasteiger partial charge < -0.3 is 23.8 Å². The van der Waals surface area contributed by atoms with Crippen LogP contribution in [0.4, 0.5) is 28.4 Å². The molecular weight excluding hydrogens is 793 g/mol. The molecule has 4 rings (SSSR count). The molecule has 0 radical (unpaired) electrons. The predicted octanol–water partition coefficient (Wildman–Crippen LogP) is 8.50. The normalized spacial score (nSPS) is 14.2. The van der Waals surface area contributed by atoms with Crippen LogP contribution in [0.3, 0.4) is 0 Å². The molecule has 0 aliphatic carbocycles. The zero-order valence-electron chi connectivity index (χ0n) is 32.4. The smallest absolute Gasteiger partial charge is 0.441 e. The molecule has 18 heteroatoms. The van der Waals surface area contributed by atoms with E-state index < -0.39 is 68.2 Å². The fourth-order valence-corrected chi connectivity index (χ4v) is 7.20. The van der Waals surface area contributed by atoms with Gasteiger partial charge in [-0.3, -0.25) is 9.10 Å². The van der Waals surface area contributed by atoms with Crippen LogP contribution in [0.15, 0.2) is 82.8 Å². The number of benzene rings is 3. The molecule has 2 amide bonds. The lowest BCUT2D eigenvalue weighted by Gasteiger charge is -2.31. The zero-order chi connectivity index (χ0) is 42.2. The molecule has 0 N–H and O–H groups in total. The molecular formula is C39H46ClF3N4O9S. The van der Waals surface area contributed by atoms with Crippen LogP contribution in [0.5, 0.6) is 5.75 Å². The standard InChI is InChI=1S/C39H46ClF3N4O9S/c1-37(2,3)55-35(49)47(36(50)56-38(4,5)6)44-26-45-18-16-28(17-19-45)24-53-31-21-29(39(41,42)43)20-30(22-31)46(57(51,52)33-15-11-10-14-32(33)40)23-34(48)54-25-27-12-8-7-9-13-27/h7-15,20-22,26,28H,16-19,23-25H2,1-6H3. The fourth-order valence-electron chi connectivity index (χ4n) is 5.32. The monoisotopic (exact) mass is 838 g/mol. The summed E-state index contributed by atoms with van der Waals surface area (Å²) >= 11 is 6.23. The number of alkyl halides is 3. The molecule has 310 valence electrons. The van der Waals surface area contributed by atoms with Gasteiger partial charge in [-0.2, -0.15) is 13.2 Å². The first kappa shape index (κ1) is 44.7. The van der Waals surface area contributed by atoms with Gasteiger partial charge in [0.1, 0.15) is 41.3 Å². The second kappa shape index (κ2) is 18.5. The van der Waals surface area contributed by atoms with E-state index in [0.717, 1.165) is 12.1 Å². The van der Waals surface area contributed by atoms with E-state index in [1.54, 1.807) is 76.8 Å². The predicted molar refractivity (Wildman–Crippen MR) is 206 cm³/mol. The first-order valence-electron chi connectivity index (χ1n) is 17.9. The molecule has 0 spiro atoms. The summed E-state index contributed by atoms with van der Waals surface area (Å²) in [5.41, 5.74) is -2.92. The van der Waals surface area contributed by atoms with Gasteiger partial charge >= 0.3 is 24.3 Å². The Morgan fingerprint density at radius 2 is 1.46 bits per heavy atom. The number of carbonyl (C=O) groups excluding carboxylic acids is 3. The van der Waals surface area contributed by atoms with Crippen molar-refractivity contribution in [3.05, 3.63) is 88.9 Å². The van der Waals surface area contributed by atoms with Crippen molar-refractivity contribution in [3.63, 3.8) is 0 Å². The molecule has 0 saturated carbocycles. The first-order chi connectivity index (χ1) is 26.5. The van der Waals surface area contributed by atoms with Crippen LogP contribution in [0, 0.1) is 5.92 Å². The van der Waals surface area contributed by atoms with Gasteiger partial charge in [-0.25, -0.2) is 18.0 Å². The van der Waals surface area contributed by atoms with Crippen LogP contribution in [-0.2, 0) is 41.8 Å².